The zero-order valence-corrected chi connectivity index (χ0v) is 17.2. The first-order valence-electron chi connectivity index (χ1n) is 8.99. The number of rotatable bonds is 5. The predicted octanol–water partition coefficient (Wildman–Crippen LogP) is 4.15. The number of carbonyl (C=O) groups excluding carboxylic acids is 2. The van der Waals surface area contributed by atoms with E-state index in [9.17, 15) is 13.5 Å². The number of carbonyl (C=O) groups is 2. The maximum absolute atomic E-state index is 13.0. The average molecular weight is 439 g/mol. The lowest BCUT2D eigenvalue weighted by Crippen LogP contribution is -2.43. The molecule has 2 aromatic rings. The van der Waals surface area contributed by atoms with Crippen LogP contribution < -0.4 is 15.4 Å². The molecule has 154 valence electrons. The largest absolute Gasteiger partial charge is 0.489 e. The van der Waals surface area contributed by atoms with Gasteiger partial charge in [0.25, 0.3) is 5.91 Å². The Morgan fingerprint density at radius 3 is 2.69 bits per heavy atom. The lowest BCUT2D eigenvalue weighted by atomic mass is 10.1. The van der Waals surface area contributed by atoms with Crippen LogP contribution in [0.4, 0.5) is 14.5 Å². The lowest BCUT2D eigenvalue weighted by molar-refractivity contribution is 0.0959. The predicted molar refractivity (Wildman–Crippen MR) is 110 cm³/mol. The van der Waals surface area contributed by atoms with E-state index in [1.54, 1.807) is 11.0 Å². The molecule has 2 N–H and O–H groups in total. The number of hydrogen-bond acceptors (Lipinski definition) is 5. The Hall–Kier alpha value is -2.52. The molecule has 2 heterocycles. The van der Waals surface area contributed by atoms with Gasteiger partial charge in [-0.3, -0.25) is 10.1 Å². The summed E-state index contributed by atoms with van der Waals surface area (Å²) in [6, 6.07) is 8.30. The lowest BCUT2D eigenvalue weighted by Gasteiger charge is -2.32. The molecule has 0 unspecified atom stereocenters. The van der Waals surface area contributed by atoms with Gasteiger partial charge in [-0.1, -0.05) is 23.7 Å². The van der Waals surface area contributed by atoms with Crippen molar-refractivity contribution in [3.05, 3.63) is 47.1 Å². The topological polar surface area (TPSA) is 83.6 Å². The van der Waals surface area contributed by atoms with Crippen LogP contribution in [-0.2, 0) is 0 Å². The highest BCUT2D eigenvalue weighted by Crippen LogP contribution is 2.27. The molecule has 1 fully saturated rings. The van der Waals surface area contributed by atoms with Crippen LogP contribution in [0.2, 0.25) is 5.02 Å². The molecule has 1 aliphatic heterocycles. The molecule has 0 bridgehead atoms. The Kier molecular flexibility index (Phi) is 7.16. The van der Waals surface area contributed by atoms with Crippen molar-refractivity contribution < 1.29 is 18.2 Å². The second-order valence-corrected chi connectivity index (χ2v) is 7.39. The standard InChI is InChI=1S/C19H20ClFN4O3S/c1-22-18(26)13-10-17(23-11-16(13)29-21)24-19(27)25-8-6-12(7-9-25)28-15-5-3-2-4-14(15)20/h2-5,10-12H,6-9H2,1H3,(H,22,26)(H,23,24,27). The highest BCUT2D eigenvalue weighted by Gasteiger charge is 2.25. The summed E-state index contributed by atoms with van der Waals surface area (Å²) in [7, 11) is 1.45. The minimum Gasteiger partial charge on any atom is -0.489 e. The SMILES string of the molecule is CNC(=O)c1cc(NC(=O)N2CCC(Oc3ccccc3Cl)CC2)ncc1SF. The van der Waals surface area contributed by atoms with E-state index in [1.165, 1.54) is 19.3 Å². The Labute approximate surface area is 177 Å². The van der Waals surface area contributed by atoms with Crippen molar-refractivity contribution in [1.29, 1.82) is 0 Å². The maximum Gasteiger partial charge on any atom is 0.323 e. The molecule has 0 spiro atoms. The normalized spacial score (nSPS) is 14.4. The Balaban J connectivity index is 1.57. The monoisotopic (exact) mass is 438 g/mol. The number of amides is 3. The first kappa shape index (κ1) is 21.2. The molecule has 3 rings (SSSR count). The number of urea groups is 1. The fourth-order valence-corrected chi connectivity index (χ4v) is 3.48. The fourth-order valence-electron chi connectivity index (χ4n) is 2.97. The minimum atomic E-state index is -0.458. The third-order valence-corrected chi connectivity index (χ3v) is 5.32. The van der Waals surface area contributed by atoms with Crippen molar-refractivity contribution in [2.45, 2.75) is 23.8 Å². The Morgan fingerprint density at radius 1 is 1.31 bits per heavy atom. The zero-order chi connectivity index (χ0) is 20.8. The van der Waals surface area contributed by atoms with E-state index in [2.05, 4.69) is 15.6 Å². The Morgan fingerprint density at radius 2 is 2.03 bits per heavy atom. The van der Waals surface area contributed by atoms with E-state index in [1.807, 2.05) is 18.2 Å². The summed E-state index contributed by atoms with van der Waals surface area (Å²) >= 11 is 6.05. The first-order valence-corrected chi connectivity index (χ1v) is 10.1. The van der Waals surface area contributed by atoms with E-state index in [-0.39, 0.29) is 40.6 Å². The maximum atomic E-state index is 13.0. The van der Waals surface area contributed by atoms with Crippen LogP contribution >= 0.6 is 23.7 Å². The summed E-state index contributed by atoms with van der Waals surface area (Å²) in [5.41, 5.74) is 0.108. The third kappa shape index (κ3) is 5.30. The molecular formula is C19H20ClFN4O3S. The van der Waals surface area contributed by atoms with Crippen LogP contribution in [-0.4, -0.2) is 48.1 Å². The third-order valence-electron chi connectivity index (χ3n) is 4.52. The van der Waals surface area contributed by atoms with Crippen LogP contribution in [0.5, 0.6) is 5.75 Å². The van der Waals surface area contributed by atoms with Gasteiger partial charge in [0.15, 0.2) is 0 Å². The van der Waals surface area contributed by atoms with Crippen LogP contribution in [0, 0.1) is 0 Å². The molecule has 1 aliphatic rings. The van der Waals surface area contributed by atoms with E-state index >= 15 is 0 Å². The van der Waals surface area contributed by atoms with Crippen molar-refractivity contribution in [2.75, 3.05) is 25.5 Å². The number of nitrogens with zero attached hydrogens (tertiary/aromatic N) is 2. The Bertz CT molecular complexity index is 894. The van der Waals surface area contributed by atoms with Gasteiger partial charge in [0.1, 0.15) is 17.7 Å². The molecule has 3 amide bonds. The molecule has 1 aromatic heterocycles. The van der Waals surface area contributed by atoms with Gasteiger partial charge >= 0.3 is 6.03 Å². The smallest absolute Gasteiger partial charge is 0.323 e. The number of aromatic nitrogens is 1. The number of nitrogens with one attached hydrogen (secondary N) is 2. The number of hydrogen-bond donors (Lipinski definition) is 2. The van der Waals surface area contributed by atoms with Gasteiger partial charge < -0.3 is 15.0 Å². The van der Waals surface area contributed by atoms with Crippen LogP contribution in [0.1, 0.15) is 23.2 Å². The summed E-state index contributed by atoms with van der Waals surface area (Å²) in [5.74, 6) is 0.357. The van der Waals surface area contributed by atoms with Gasteiger partial charge in [-0.05, 0) is 18.2 Å². The van der Waals surface area contributed by atoms with Gasteiger partial charge in [0, 0.05) is 39.2 Å². The number of ether oxygens (including phenoxy) is 1. The second kappa shape index (κ2) is 9.80. The van der Waals surface area contributed by atoms with E-state index in [4.69, 9.17) is 16.3 Å². The van der Waals surface area contributed by atoms with E-state index < -0.39 is 5.91 Å². The van der Waals surface area contributed by atoms with Crippen LogP contribution in [0.15, 0.2) is 41.4 Å². The number of likely N-dealkylation sites (tertiary alicyclic amines) is 1. The number of benzene rings is 1. The summed E-state index contributed by atoms with van der Waals surface area (Å²) in [6.07, 6.45) is 2.51. The molecule has 0 aliphatic carbocycles. The number of piperidine rings is 1. The quantitative estimate of drug-likeness (QED) is 0.732. The molecule has 0 saturated carbocycles. The molecule has 29 heavy (non-hydrogen) atoms. The number of halogens is 2. The molecule has 1 saturated heterocycles. The van der Waals surface area contributed by atoms with Crippen LogP contribution in [0.25, 0.3) is 0 Å². The minimum absolute atomic E-state index is 0.0298. The van der Waals surface area contributed by atoms with Crippen LogP contribution in [0.3, 0.4) is 0 Å². The van der Waals surface area contributed by atoms with Gasteiger partial charge in [-0.15, -0.1) is 0 Å². The molecular weight excluding hydrogens is 419 g/mol. The highest BCUT2D eigenvalue weighted by atomic mass is 35.5. The van der Waals surface area contributed by atoms with Gasteiger partial charge in [-0.25, -0.2) is 9.78 Å². The summed E-state index contributed by atoms with van der Waals surface area (Å²) < 4.78 is 18.9. The molecule has 10 heteroatoms. The summed E-state index contributed by atoms with van der Waals surface area (Å²) in [6.45, 7) is 1.00. The van der Waals surface area contributed by atoms with Crippen molar-refractivity contribution in [3.63, 3.8) is 0 Å². The molecule has 0 atom stereocenters. The zero-order valence-electron chi connectivity index (χ0n) is 15.7. The van der Waals surface area contributed by atoms with Crippen molar-refractivity contribution >= 4 is 41.5 Å². The molecule has 7 nitrogen and oxygen atoms in total. The van der Waals surface area contributed by atoms with Gasteiger partial charge in [-0.2, -0.15) is 3.89 Å². The number of pyridine rings is 1. The average Bonchev–Trinajstić information content (AvgIpc) is 2.75. The second-order valence-electron chi connectivity index (χ2n) is 6.39. The van der Waals surface area contributed by atoms with E-state index in [0.717, 1.165) is 0 Å². The molecule has 0 radical (unpaired) electrons. The van der Waals surface area contributed by atoms with Crippen molar-refractivity contribution in [3.8, 4) is 5.75 Å². The number of anilines is 1. The number of para-hydroxylation sites is 1. The first-order chi connectivity index (χ1) is 14.0. The molecule has 1 aromatic carbocycles. The van der Waals surface area contributed by atoms with Gasteiger partial charge in [0.2, 0.25) is 0 Å². The van der Waals surface area contributed by atoms with Crippen molar-refractivity contribution in [1.82, 2.24) is 15.2 Å². The fraction of sp³-hybridized carbons (Fsp3) is 0.316. The summed E-state index contributed by atoms with van der Waals surface area (Å²) in [5, 5.41) is 5.65. The summed E-state index contributed by atoms with van der Waals surface area (Å²) in [4.78, 5) is 30.1. The van der Waals surface area contributed by atoms with E-state index in [0.29, 0.717) is 36.7 Å². The van der Waals surface area contributed by atoms with Gasteiger partial charge in [0.05, 0.1) is 27.6 Å². The highest BCUT2D eigenvalue weighted by molar-refractivity contribution is 7.94. The van der Waals surface area contributed by atoms with Crippen molar-refractivity contribution in [2.24, 2.45) is 0 Å².